The standard InChI is InChI=1S/C22H29F2N3O/c23-17-3-4-20(24)19(7-17)22-21(25)8-18(13-28-22)27-6-5-15-10-26(9-14-1-2-14)11-16(15)12-27/h3-4,7,14,18,21-22H,1-2,5-6,8-13,25H2/t18-,21+,22-/m1/s1. The number of nitrogens with zero attached hydrogens (tertiary/aromatic N) is 2. The van der Waals surface area contributed by atoms with Crippen molar-refractivity contribution in [2.75, 3.05) is 39.3 Å². The molecule has 1 aromatic rings. The molecule has 3 aliphatic heterocycles. The van der Waals surface area contributed by atoms with E-state index in [1.807, 2.05) is 0 Å². The van der Waals surface area contributed by atoms with Gasteiger partial charge in [-0.2, -0.15) is 0 Å². The van der Waals surface area contributed by atoms with Crippen molar-refractivity contribution in [1.82, 2.24) is 9.80 Å². The Bertz CT molecular complexity index is 779. The zero-order valence-electron chi connectivity index (χ0n) is 16.2. The Morgan fingerprint density at radius 2 is 1.93 bits per heavy atom. The highest BCUT2D eigenvalue weighted by molar-refractivity contribution is 5.28. The smallest absolute Gasteiger partial charge is 0.129 e. The second kappa shape index (κ2) is 7.48. The molecule has 0 bridgehead atoms. The van der Waals surface area contributed by atoms with Gasteiger partial charge in [0.25, 0.3) is 0 Å². The molecule has 4 nitrogen and oxygen atoms in total. The molecule has 1 aliphatic carbocycles. The highest BCUT2D eigenvalue weighted by Gasteiger charge is 2.37. The number of rotatable bonds is 4. The highest BCUT2D eigenvalue weighted by Crippen LogP contribution is 2.35. The Labute approximate surface area is 165 Å². The van der Waals surface area contributed by atoms with Gasteiger partial charge in [-0.25, -0.2) is 8.78 Å². The van der Waals surface area contributed by atoms with Crippen molar-refractivity contribution in [2.45, 2.75) is 43.9 Å². The molecule has 2 fully saturated rings. The summed E-state index contributed by atoms with van der Waals surface area (Å²) in [5, 5.41) is 0. The zero-order chi connectivity index (χ0) is 19.3. The number of halogens is 2. The van der Waals surface area contributed by atoms with Crippen LogP contribution in [0.1, 0.15) is 37.4 Å². The molecule has 5 rings (SSSR count). The lowest BCUT2D eigenvalue weighted by molar-refractivity contribution is -0.0506. The molecule has 2 N–H and O–H groups in total. The molecular weight excluding hydrogens is 360 g/mol. The van der Waals surface area contributed by atoms with E-state index in [9.17, 15) is 8.78 Å². The van der Waals surface area contributed by atoms with Crippen LogP contribution in [0, 0.1) is 17.6 Å². The van der Waals surface area contributed by atoms with Gasteiger partial charge < -0.3 is 10.5 Å². The van der Waals surface area contributed by atoms with Crippen molar-refractivity contribution >= 4 is 0 Å². The second-order valence-electron chi connectivity index (χ2n) is 9.01. The molecule has 3 heterocycles. The van der Waals surface area contributed by atoms with Crippen LogP contribution in [0.15, 0.2) is 29.3 Å². The van der Waals surface area contributed by atoms with Gasteiger partial charge in [0.15, 0.2) is 0 Å². The minimum atomic E-state index is -0.577. The summed E-state index contributed by atoms with van der Waals surface area (Å²) in [6.45, 7) is 6.07. The minimum Gasteiger partial charge on any atom is -0.370 e. The molecule has 0 aromatic heterocycles. The van der Waals surface area contributed by atoms with Gasteiger partial charge in [-0.1, -0.05) is 5.57 Å². The van der Waals surface area contributed by atoms with Crippen molar-refractivity contribution < 1.29 is 13.5 Å². The SMILES string of the molecule is N[C@H]1C[C@@H](N2CCC3=C(CN(CC4CC4)C3)C2)CO[C@@H]1c1cc(F)ccc1F. The van der Waals surface area contributed by atoms with Crippen LogP contribution in [0.4, 0.5) is 8.78 Å². The molecule has 1 saturated heterocycles. The van der Waals surface area contributed by atoms with Gasteiger partial charge in [-0.3, -0.25) is 9.80 Å². The van der Waals surface area contributed by atoms with Gasteiger partial charge in [-0.05, 0) is 55.4 Å². The van der Waals surface area contributed by atoms with Crippen LogP contribution in [0.2, 0.25) is 0 Å². The summed E-state index contributed by atoms with van der Waals surface area (Å²) in [4.78, 5) is 5.09. The first kappa shape index (κ1) is 18.7. The Hall–Kier alpha value is -1.34. The Morgan fingerprint density at radius 3 is 2.71 bits per heavy atom. The number of ether oxygens (including phenoxy) is 1. The Kier molecular flexibility index (Phi) is 4.99. The quantitative estimate of drug-likeness (QED) is 0.804. The highest BCUT2D eigenvalue weighted by atomic mass is 19.1. The molecule has 6 heteroatoms. The van der Waals surface area contributed by atoms with Gasteiger partial charge in [-0.15, -0.1) is 0 Å². The molecule has 0 spiro atoms. The number of hydrogen-bond acceptors (Lipinski definition) is 4. The lowest BCUT2D eigenvalue weighted by atomic mass is 9.92. The summed E-state index contributed by atoms with van der Waals surface area (Å²) in [6, 6.07) is 3.41. The van der Waals surface area contributed by atoms with Crippen LogP contribution < -0.4 is 5.73 Å². The Balaban J connectivity index is 1.20. The third-order valence-corrected chi connectivity index (χ3v) is 6.82. The van der Waals surface area contributed by atoms with Crippen LogP contribution in [-0.2, 0) is 4.74 Å². The minimum absolute atomic E-state index is 0.237. The zero-order valence-corrected chi connectivity index (χ0v) is 16.2. The van der Waals surface area contributed by atoms with E-state index in [-0.39, 0.29) is 17.6 Å². The van der Waals surface area contributed by atoms with E-state index < -0.39 is 17.7 Å². The number of hydrogen-bond donors (Lipinski definition) is 1. The monoisotopic (exact) mass is 389 g/mol. The van der Waals surface area contributed by atoms with E-state index in [2.05, 4.69) is 9.80 Å². The average Bonchev–Trinajstić information content (AvgIpc) is 3.40. The first-order chi connectivity index (χ1) is 13.6. The molecule has 0 unspecified atom stereocenters. The summed E-state index contributed by atoms with van der Waals surface area (Å²) in [5.74, 6) is 0.0268. The largest absolute Gasteiger partial charge is 0.370 e. The second-order valence-corrected chi connectivity index (χ2v) is 9.01. The van der Waals surface area contributed by atoms with Gasteiger partial charge in [0, 0.05) is 50.4 Å². The predicted molar refractivity (Wildman–Crippen MR) is 104 cm³/mol. The summed E-state index contributed by atoms with van der Waals surface area (Å²) in [6.07, 6.45) is 4.10. The van der Waals surface area contributed by atoms with Crippen LogP contribution in [0.25, 0.3) is 0 Å². The van der Waals surface area contributed by atoms with E-state index in [0.29, 0.717) is 6.61 Å². The van der Waals surface area contributed by atoms with Crippen molar-refractivity contribution in [1.29, 1.82) is 0 Å². The van der Waals surface area contributed by atoms with E-state index in [1.165, 1.54) is 25.5 Å². The molecule has 0 amide bonds. The third-order valence-electron chi connectivity index (χ3n) is 6.82. The van der Waals surface area contributed by atoms with E-state index >= 15 is 0 Å². The maximum atomic E-state index is 14.1. The van der Waals surface area contributed by atoms with Crippen molar-refractivity contribution in [3.63, 3.8) is 0 Å². The maximum absolute atomic E-state index is 14.1. The molecule has 1 aromatic carbocycles. The molecule has 152 valence electrons. The van der Waals surface area contributed by atoms with Crippen LogP contribution in [0.5, 0.6) is 0 Å². The van der Waals surface area contributed by atoms with Crippen molar-refractivity contribution in [3.8, 4) is 0 Å². The maximum Gasteiger partial charge on any atom is 0.129 e. The molecule has 28 heavy (non-hydrogen) atoms. The van der Waals surface area contributed by atoms with Crippen LogP contribution in [0.3, 0.4) is 0 Å². The normalized spacial score (nSPS) is 32.0. The fraction of sp³-hybridized carbons (Fsp3) is 0.636. The molecule has 4 aliphatic rings. The number of nitrogens with two attached hydrogens (primary N) is 1. The summed E-state index contributed by atoms with van der Waals surface area (Å²) >= 11 is 0. The fourth-order valence-electron chi connectivity index (χ4n) is 5.10. The average molecular weight is 389 g/mol. The third kappa shape index (κ3) is 3.75. The van der Waals surface area contributed by atoms with E-state index in [4.69, 9.17) is 10.5 Å². The molecule has 0 radical (unpaired) electrons. The topological polar surface area (TPSA) is 41.7 Å². The molecule has 1 saturated carbocycles. The Morgan fingerprint density at radius 1 is 1.11 bits per heavy atom. The first-order valence-electron chi connectivity index (χ1n) is 10.5. The summed E-state index contributed by atoms with van der Waals surface area (Å²) in [7, 11) is 0. The lowest BCUT2D eigenvalue weighted by Crippen LogP contribution is -2.51. The molecular formula is C22H29F2N3O. The van der Waals surface area contributed by atoms with Gasteiger partial charge in [0.2, 0.25) is 0 Å². The van der Waals surface area contributed by atoms with Crippen molar-refractivity contribution in [2.24, 2.45) is 11.7 Å². The summed E-state index contributed by atoms with van der Waals surface area (Å²) in [5.41, 5.74) is 9.81. The van der Waals surface area contributed by atoms with E-state index in [0.717, 1.165) is 57.1 Å². The predicted octanol–water partition coefficient (Wildman–Crippen LogP) is 2.85. The summed E-state index contributed by atoms with van der Waals surface area (Å²) < 4.78 is 33.7. The van der Waals surface area contributed by atoms with Crippen LogP contribution >= 0.6 is 0 Å². The van der Waals surface area contributed by atoms with Crippen molar-refractivity contribution in [3.05, 3.63) is 46.5 Å². The van der Waals surface area contributed by atoms with Crippen LogP contribution in [-0.4, -0.2) is 61.2 Å². The lowest BCUT2D eigenvalue weighted by Gasteiger charge is -2.42. The van der Waals surface area contributed by atoms with E-state index in [1.54, 1.807) is 11.1 Å². The first-order valence-corrected chi connectivity index (χ1v) is 10.5. The van der Waals surface area contributed by atoms with Gasteiger partial charge in [0.05, 0.1) is 6.61 Å². The fourth-order valence-corrected chi connectivity index (χ4v) is 5.10. The molecule has 3 atom stereocenters. The van der Waals surface area contributed by atoms with Gasteiger partial charge >= 0.3 is 0 Å². The van der Waals surface area contributed by atoms with Gasteiger partial charge in [0.1, 0.15) is 17.7 Å². The number of benzene rings is 1.